The zero-order valence-corrected chi connectivity index (χ0v) is 25.4. The molecule has 0 spiro atoms. The summed E-state index contributed by atoms with van der Waals surface area (Å²) in [5.41, 5.74) is 0. The summed E-state index contributed by atoms with van der Waals surface area (Å²) in [6.07, 6.45) is -2.67. The van der Waals surface area contributed by atoms with E-state index in [2.05, 4.69) is 13.8 Å². The van der Waals surface area contributed by atoms with Crippen LogP contribution < -0.4 is 0 Å². The molecule has 0 aromatic rings. The molecule has 0 saturated heterocycles. The van der Waals surface area contributed by atoms with Crippen molar-refractivity contribution in [2.24, 2.45) is 0 Å². The van der Waals surface area contributed by atoms with Crippen LogP contribution in [0.15, 0.2) is 0 Å². The number of rotatable bonds is 20. The minimum atomic E-state index is -6.16. The first-order chi connectivity index (χ1) is 18.0. The van der Waals surface area contributed by atoms with E-state index in [1.165, 1.54) is 77.0 Å². The summed E-state index contributed by atoms with van der Waals surface area (Å²) in [7, 11) is 0. The van der Waals surface area contributed by atoms with E-state index >= 15 is 0 Å². The Kier molecular flexibility index (Phi) is 20.1. The first kappa shape index (κ1) is 41.9. The van der Waals surface area contributed by atoms with Gasteiger partial charge in [0.1, 0.15) is 0 Å². The van der Waals surface area contributed by atoms with E-state index in [4.69, 9.17) is 4.74 Å². The maximum absolute atomic E-state index is 12.9. The molecular weight excluding hydrogens is 689 g/mol. The Labute approximate surface area is 236 Å². The van der Waals surface area contributed by atoms with Gasteiger partial charge in [-0.3, -0.25) is 0 Å². The van der Waals surface area contributed by atoms with Crippen molar-refractivity contribution in [1.82, 2.24) is 0 Å². The van der Waals surface area contributed by atoms with Gasteiger partial charge in [0, 0.05) is 13.2 Å². The maximum atomic E-state index is 12.9. The van der Waals surface area contributed by atoms with E-state index < -0.39 is 66.1 Å². The first-order valence-corrected chi connectivity index (χ1v) is 15.9. The topological polar surface area (TPSA) is 9.23 Å². The molecule has 0 N–H and O–H groups in total. The third-order valence-corrected chi connectivity index (χ3v) is 9.24. The van der Waals surface area contributed by atoms with Gasteiger partial charge in [-0.2, -0.15) is 0 Å². The van der Waals surface area contributed by atoms with Crippen LogP contribution in [0.3, 0.4) is 0 Å². The molecule has 1 nitrogen and oxygen atoms in total. The predicted octanol–water partition coefficient (Wildman–Crippen LogP) is 10.8. The van der Waals surface area contributed by atoms with Crippen LogP contribution >= 0.6 is 0 Å². The molecule has 0 aliphatic carbocycles. The number of hydrogen-bond donors (Lipinski definition) is 0. The molecule has 16 heteroatoms. The average Bonchev–Trinajstić information content (AvgIpc) is 2.73. The Hall–Kier alpha value is -0.221. The van der Waals surface area contributed by atoms with Gasteiger partial charge >= 0.3 is 128 Å². The second-order valence-corrected chi connectivity index (χ2v) is 13.7. The summed E-state index contributed by atoms with van der Waals surface area (Å²) in [5, 5.41) is 0. The van der Waals surface area contributed by atoms with E-state index in [1.54, 1.807) is 0 Å². The molecule has 0 fully saturated rings. The summed E-state index contributed by atoms with van der Waals surface area (Å²) in [6.45, 7) is 6.51. The molecule has 0 rings (SSSR count). The molecule has 0 heterocycles. The molecule has 0 aromatic carbocycles. The second-order valence-electron chi connectivity index (χ2n) is 9.41. The summed E-state index contributed by atoms with van der Waals surface area (Å²) < 4.78 is 166. The van der Waals surface area contributed by atoms with E-state index in [9.17, 15) is 61.5 Å². The van der Waals surface area contributed by atoms with Crippen LogP contribution in [0.4, 0.5) is 61.5 Å². The summed E-state index contributed by atoms with van der Waals surface area (Å²) in [4.78, 5) is 0. The summed E-state index contributed by atoms with van der Waals surface area (Å²) in [6, 6.07) is 0. The second kappa shape index (κ2) is 19.1. The van der Waals surface area contributed by atoms with Crippen LogP contribution in [-0.4, -0.2) is 66.4 Å². The molecule has 40 heavy (non-hydrogen) atoms. The molecule has 0 atom stereocenters. The zero-order valence-electron chi connectivity index (χ0n) is 22.5. The number of ether oxygens (including phenoxy) is 1. The van der Waals surface area contributed by atoms with Gasteiger partial charge in [0.15, 0.2) is 0 Å². The number of hydrogen-bond acceptors (Lipinski definition) is 1. The first-order valence-electron chi connectivity index (χ1n) is 13.1. The van der Waals surface area contributed by atoms with Crippen molar-refractivity contribution in [3.8, 4) is 0 Å². The van der Waals surface area contributed by atoms with Crippen molar-refractivity contribution < 1.29 is 66.2 Å². The number of halogens is 14. The molecule has 0 aliphatic heterocycles. The van der Waals surface area contributed by atoms with Gasteiger partial charge in [0.2, 0.25) is 0 Å². The fraction of sp³-hybridized carbons (Fsp3) is 1.00. The van der Waals surface area contributed by atoms with E-state index in [0.717, 1.165) is 13.2 Å². The number of unbranched alkanes of at least 4 members (excludes halogenated alkanes) is 10. The van der Waals surface area contributed by atoms with Crippen molar-refractivity contribution in [3.05, 3.63) is 0 Å². The van der Waals surface area contributed by atoms with Crippen LogP contribution in [0.25, 0.3) is 0 Å². The summed E-state index contributed by atoms with van der Waals surface area (Å²) >= 11 is -5.79. The van der Waals surface area contributed by atoms with Gasteiger partial charge in [-0.1, -0.05) is 78.1 Å². The van der Waals surface area contributed by atoms with Gasteiger partial charge < -0.3 is 4.74 Å². The molecule has 0 unspecified atom stereocenters. The van der Waals surface area contributed by atoms with Crippen LogP contribution in [0.5, 0.6) is 0 Å². The van der Waals surface area contributed by atoms with E-state index in [1.807, 2.05) is 0 Å². The molecular formula is C24H38F14OSn. The van der Waals surface area contributed by atoms with Gasteiger partial charge in [0.25, 0.3) is 0 Å². The predicted molar refractivity (Wildman–Crippen MR) is 124 cm³/mol. The molecule has 0 saturated carbocycles. The monoisotopic (exact) mass is 728 g/mol. The van der Waals surface area contributed by atoms with Gasteiger partial charge in [-0.05, 0) is 12.8 Å². The molecule has 0 amide bonds. The van der Waals surface area contributed by atoms with E-state index in [0.29, 0.717) is 0 Å². The fourth-order valence-corrected chi connectivity index (χ4v) is 5.85. The van der Waals surface area contributed by atoms with Crippen LogP contribution in [0.1, 0.15) is 104 Å². The van der Waals surface area contributed by atoms with Crippen molar-refractivity contribution in [1.29, 1.82) is 0 Å². The Morgan fingerprint density at radius 3 is 0.975 bits per heavy atom. The van der Waals surface area contributed by atoms with Crippen LogP contribution in [0.2, 0.25) is 0 Å². The minimum absolute atomic E-state index is 0.987. The third-order valence-electron chi connectivity index (χ3n) is 5.36. The normalized spacial score (nSPS) is 13.8. The molecule has 2 radical (unpaired) electrons. The van der Waals surface area contributed by atoms with Crippen LogP contribution in [0, 0.1) is 0 Å². The zero-order chi connectivity index (χ0) is 31.7. The molecule has 0 aliphatic rings. The quantitative estimate of drug-likeness (QED) is 0.0690. The number of alkyl halides is 14. The Bertz CT molecular complexity index is 584. The van der Waals surface area contributed by atoms with Crippen molar-refractivity contribution >= 4 is 21.1 Å². The molecule has 242 valence electrons. The average molecular weight is 727 g/mol. The Morgan fingerprint density at radius 2 is 0.700 bits per heavy atom. The van der Waals surface area contributed by atoms with Gasteiger partial charge in [0.05, 0.1) is 0 Å². The van der Waals surface area contributed by atoms with E-state index in [-0.39, 0.29) is 0 Å². The third kappa shape index (κ3) is 20.6. The van der Waals surface area contributed by atoms with Gasteiger partial charge in [-0.25, -0.2) is 0 Å². The van der Waals surface area contributed by atoms with Gasteiger partial charge in [-0.15, -0.1) is 0 Å². The summed E-state index contributed by atoms with van der Waals surface area (Å²) in [5.74, 6) is -12.3. The Morgan fingerprint density at radius 1 is 0.425 bits per heavy atom. The van der Waals surface area contributed by atoms with Crippen LogP contribution in [-0.2, 0) is 4.74 Å². The van der Waals surface area contributed by atoms with Crippen molar-refractivity contribution in [2.45, 2.75) is 136 Å². The van der Waals surface area contributed by atoms with Crippen molar-refractivity contribution in [2.75, 3.05) is 13.2 Å². The fourth-order valence-electron chi connectivity index (χ4n) is 3.18. The molecule has 0 aromatic heterocycles. The standard InChI is InChI=1S/C16H34O.2C4H2F7.Sn/c1-3-5-7-9-11-13-15-17-16-14-12-10-8-6-4-2;2*5-2(6)3(7,8)1-4(9,10)11;/h3-16H2,1-2H3;2*1H2;. The molecule has 0 bridgehead atoms. The SMILES string of the molecule is CCCCCCCCOCCCCCCCC.FC(F)(F)CC(F)(F)[C](F)(F)[Sn][C](F)(F)C(F)(F)CC(F)(F)F. The Balaban J connectivity index is 0. The van der Waals surface area contributed by atoms with Crippen molar-refractivity contribution in [3.63, 3.8) is 0 Å².